The van der Waals surface area contributed by atoms with Gasteiger partial charge in [0.05, 0.1) is 5.75 Å². The first-order chi connectivity index (χ1) is 8.99. The third-order valence-electron chi connectivity index (χ3n) is 3.11. The van der Waals surface area contributed by atoms with Crippen LogP contribution < -0.4 is 5.73 Å². The van der Waals surface area contributed by atoms with Crippen LogP contribution in [0.4, 0.5) is 0 Å². The third kappa shape index (κ3) is 6.47. The van der Waals surface area contributed by atoms with Gasteiger partial charge in [0.1, 0.15) is 0 Å². The maximum atomic E-state index is 11.9. The van der Waals surface area contributed by atoms with Crippen molar-refractivity contribution in [1.82, 2.24) is 4.90 Å². The Bertz CT molecular complexity index is 349. The standard InChI is InChI=1S/C12H20N2O4S/c13-10(15)8-19-6-4-11(16)14-5-3-9(7-14)1-2-12(17)18/h9H,1-8H2,(H2,13,15)(H,17,18). The van der Waals surface area contributed by atoms with Crippen LogP contribution >= 0.6 is 11.8 Å². The molecule has 2 amide bonds. The molecule has 0 aromatic heterocycles. The van der Waals surface area contributed by atoms with Crippen molar-refractivity contribution in [2.24, 2.45) is 11.7 Å². The number of carboxylic acids is 1. The molecule has 6 nitrogen and oxygen atoms in total. The maximum absolute atomic E-state index is 11.9. The topological polar surface area (TPSA) is 101 Å². The van der Waals surface area contributed by atoms with Crippen molar-refractivity contribution in [2.75, 3.05) is 24.6 Å². The zero-order valence-electron chi connectivity index (χ0n) is 10.8. The second-order valence-corrected chi connectivity index (χ2v) is 5.80. The molecule has 0 aliphatic carbocycles. The summed E-state index contributed by atoms with van der Waals surface area (Å²) in [5.74, 6) is 0.0696. The monoisotopic (exact) mass is 288 g/mol. The molecule has 1 rings (SSSR count). The Balaban J connectivity index is 2.17. The van der Waals surface area contributed by atoms with E-state index in [2.05, 4.69) is 0 Å². The number of nitrogens with zero attached hydrogens (tertiary/aromatic N) is 1. The first kappa shape index (κ1) is 15.8. The van der Waals surface area contributed by atoms with Gasteiger partial charge in [0, 0.05) is 31.7 Å². The van der Waals surface area contributed by atoms with Gasteiger partial charge in [-0.15, -0.1) is 0 Å². The average Bonchev–Trinajstić information content (AvgIpc) is 2.80. The molecule has 0 aromatic carbocycles. The number of primary amides is 1. The van der Waals surface area contributed by atoms with E-state index in [1.165, 1.54) is 11.8 Å². The predicted molar refractivity (Wildman–Crippen MR) is 72.7 cm³/mol. The van der Waals surface area contributed by atoms with Gasteiger partial charge in [0.15, 0.2) is 0 Å². The van der Waals surface area contributed by atoms with Crippen molar-refractivity contribution >= 4 is 29.5 Å². The van der Waals surface area contributed by atoms with Crippen LogP contribution in [0.2, 0.25) is 0 Å². The van der Waals surface area contributed by atoms with E-state index in [1.54, 1.807) is 4.90 Å². The van der Waals surface area contributed by atoms with E-state index >= 15 is 0 Å². The molecular weight excluding hydrogens is 268 g/mol. The summed E-state index contributed by atoms with van der Waals surface area (Å²) in [7, 11) is 0. The summed E-state index contributed by atoms with van der Waals surface area (Å²) >= 11 is 1.36. The molecular formula is C12H20N2O4S. The fourth-order valence-corrected chi connectivity index (χ4v) is 2.78. The Kier molecular flexibility index (Phi) is 6.69. The van der Waals surface area contributed by atoms with E-state index in [0.717, 1.165) is 6.42 Å². The first-order valence-corrected chi connectivity index (χ1v) is 7.50. The highest BCUT2D eigenvalue weighted by Gasteiger charge is 2.25. The largest absolute Gasteiger partial charge is 0.481 e. The number of thioether (sulfide) groups is 1. The maximum Gasteiger partial charge on any atom is 0.303 e. The van der Waals surface area contributed by atoms with Crippen LogP contribution in [0.3, 0.4) is 0 Å². The number of rotatable bonds is 8. The van der Waals surface area contributed by atoms with E-state index < -0.39 is 5.97 Å². The minimum Gasteiger partial charge on any atom is -0.481 e. The summed E-state index contributed by atoms with van der Waals surface area (Å²) in [6.07, 6.45) is 2.09. The number of aliphatic carboxylic acids is 1. The summed E-state index contributed by atoms with van der Waals surface area (Å²) in [4.78, 5) is 34.7. The Morgan fingerprint density at radius 3 is 2.68 bits per heavy atom. The molecule has 1 saturated heterocycles. The van der Waals surface area contributed by atoms with Crippen molar-refractivity contribution in [1.29, 1.82) is 0 Å². The normalized spacial score (nSPS) is 18.5. The third-order valence-corrected chi connectivity index (χ3v) is 4.09. The van der Waals surface area contributed by atoms with E-state index in [4.69, 9.17) is 10.8 Å². The molecule has 19 heavy (non-hydrogen) atoms. The quantitative estimate of drug-likeness (QED) is 0.626. The minimum atomic E-state index is -0.785. The molecule has 1 aliphatic rings. The van der Waals surface area contributed by atoms with Crippen LogP contribution in [0.5, 0.6) is 0 Å². The van der Waals surface area contributed by atoms with Gasteiger partial charge in [-0.1, -0.05) is 0 Å². The van der Waals surface area contributed by atoms with Gasteiger partial charge < -0.3 is 15.7 Å². The number of amides is 2. The average molecular weight is 288 g/mol. The highest BCUT2D eigenvalue weighted by atomic mass is 32.2. The molecule has 3 N–H and O–H groups in total. The molecule has 1 heterocycles. The number of nitrogens with two attached hydrogens (primary N) is 1. The number of hydrogen-bond acceptors (Lipinski definition) is 4. The van der Waals surface area contributed by atoms with Crippen molar-refractivity contribution in [3.05, 3.63) is 0 Å². The van der Waals surface area contributed by atoms with Gasteiger partial charge in [0.25, 0.3) is 0 Å². The van der Waals surface area contributed by atoms with Gasteiger partial charge in [-0.25, -0.2) is 0 Å². The number of carboxylic acid groups (broad SMARTS) is 1. The molecule has 0 spiro atoms. The summed E-state index contributed by atoms with van der Waals surface area (Å²) in [6, 6.07) is 0. The fourth-order valence-electron chi connectivity index (χ4n) is 2.11. The van der Waals surface area contributed by atoms with E-state index in [-0.39, 0.29) is 24.0 Å². The SMILES string of the molecule is NC(=O)CSCCC(=O)N1CCC(CCC(=O)O)C1. The van der Waals surface area contributed by atoms with Gasteiger partial charge in [-0.3, -0.25) is 14.4 Å². The second-order valence-electron chi connectivity index (χ2n) is 4.70. The van der Waals surface area contributed by atoms with Gasteiger partial charge in [0.2, 0.25) is 11.8 Å². The van der Waals surface area contributed by atoms with Crippen LogP contribution in [0.15, 0.2) is 0 Å². The zero-order valence-corrected chi connectivity index (χ0v) is 11.7. The summed E-state index contributed by atoms with van der Waals surface area (Å²) < 4.78 is 0. The Morgan fingerprint density at radius 1 is 1.32 bits per heavy atom. The van der Waals surface area contributed by atoms with E-state index in [1.807, 2.05) is 0 Å². The van der Waals surface area contributed by atoms with Crippen LogP contribution in [-0.4, -0.2) is 52.4 Å². The minimum absolute atomic E-state index is 0.0785. The number of hydrogen-bond donors (Lipinski definition) is 2. The number of carbonyl (C=O) groups excluding carboxylic acids is 2. The van der Waals surface area contributed by atoms with Crippen LogP contribution in [0.1, 0.15) is 25.7 Å². The Hall–Kier alpha value is -1.24. The van der Waals surface area contributed by atoms with Gasteiger partial charge in [-0.2, -0.15) is 11.8 Å². The first-order valence-electron chi connectivity index (χ1n) is 6.34. The van der Waals surface area contributed by atoms with Crippen molar-refractivity contribution in [3.63, 3.8) is 0 Å². The Morgan fingerprint density at radius 2 is 2.05 bits per heavy atom. The van der Waals surface area contributed by atoms with E-state index in [9.17, 15) is 14.4 Å². The molecule has 7 heteroatoms. The molecule has 1 unspecified atom stereocenters. The molecule has 1 atom stereocenters. The number of carbonyl (C=O) groups is 3. The predicted octanol–water partition coefficient (Wildman–Crippen LogP) is 0.308. The van der Waals surface area contributed by atoms with Crippen LogP contribution in [0.25, 0.3) is 0 Å². The summed E-state index contributed by atoms with van der Waals surface area (Å²) in [6.45, 7) is 1.37. The lowest BCUT2D eigenvalue weighted by atomic mass is 10.0. The lowest BCUT2D eigenvalue weighted by Gasteiger charge is -2.16. The molecule has 0 radical (unpaired) electrons. The van der Waals surface area contributed by atoms with Crippen molar-refractivity contribution in [2.45, 2.75) is 25.7 Å². The van der Waals surface area contributed by atoms with E-state index in [0.29, 0.717) is 37.6 Å². The number of likely N-dealkylation sites (tertiary alicyclic amines) is 1. The molecule has 0 bridgehead atoms. The highest BCUT2D eigenvalue weighted by molar-refractivity contribution is 7.99. The van der Waals surface area contributed by atoms with Crippen molar-refractivity contribution < 1.29 is 19.5 Å². The smallest absolute Gasteiger partial charge is 0.303 e. The summed E-state index contributed by atoms with van der Waals surface area (Å²) in [5, 5.41) is 8.62. The highest BCUT2D eigenvalue weighted by Crippen LogP contribution is 2.21. The van der Waals surface area contributed by atoms with Crippen molar-refractivity contribution in [3.8, 4) is 0 Å². The molecule has 0 aromatic rings. The second kappa shape index (κ2) is 8.04. The Labute approximate surface area is 116 Å². The van der Waals surface area contributed by atoms with Crippen LogP contribution in [0, 0.1) is 5.92 Å². The lowest BCUT2D eigenvalue weighted by Crippen LogP contribution is -2.29. The van der Waals surface area contributed by atoms with Crippen LogP contribution in [-0.2, 0) is 14.4 Å². The lowest BCUT2D eigenvalue weighted by molar-refractivity contribution is -0.137. The van der Waals surface area contributed by atoms with Gasteiger partial charge >= 0.3 is 5.97 Å². The summed E-state index contributed by atoms with van der Waals surface area (Å²) in [5.41, 5.74) is 5.00. The van der Waals surface area contributed by atoms with Gasteiger partial charge in [-0.05, 0) is 18.8 Å². The molecule has 1 fully saturated rings. The molecule has 1 aliphatic heterocycles. The fraction of sp³-hybridized carbons (Fsp3) is 0.750. The zero-order chi connectivity index (χ0) is 14.3. The molecule has 0 saturated carbocycles. The molecule has 108 valence electrons.